The highest BCUT2D eigenvalue weighted by atomic mass is 16.5. The molecule has 0 bridgehead atoms. The standard InChI is InChI=1S/C21H26N2O3/c1-5-26-18-12-10-17(11-13-18)22-21(25)19(14(2)3)23-20(24)16-8-6-15(4)7-9-16/h6-14,19H,5H2,1-4H3,(H,22,25)(H,23,24)/t19-/m0/s1. The van der Waals surface area contributed by atoms with Crippen LogP contribution in [-0.4, -0.2) is 24.5 Å². The van der Waals surface area contributed by atoms with Gasteiger partial charge < -0.3 is 15.4 Å². The molecule has 2 rings (SSSR count). The Hall–Kier alpha value is -2.82. The summed E-state index contributed by atoms with van der Waals surface area (Å²) in [5, 5.41) is 5.68. The Kier molecular flexibility index (Phi) is 6.78. The first-order valence-electron chi connectivity index (χ1n) is 8.82. The van der Waals surface area contributed by atoms with Crippen LogP contribution in [0.2, 0.25) is 0 Å². The number of carbonyl (C=O) groups is 2. The molecular weight excluding hydrogens is 328 g/mol. The van der Waals surface area contributed by atoms with Crippen molar-refractivity contribution in [3.05, 3.63) is 59.7 Å². The molecular formula is C21H26N2O3. The lowest BCUT2D eigenvalue weighted by Crippen LogP contribution is -2.47. The molecule has 0 spiro atoms. The van der Waals surface area contributed by atoms with Gasteiger partial charge in [-0.3, -0.25) is 9.59 Å². The molecule has 0 fully saturated rings. The molecule has 26 heavy (non-hydrogen) atoms. The Morgan fingerprint density at radius 3 is 2.15 bits per heavy atom. The number of anilines is 1. The molecule has 0 aliphatic rings. The van der Waals surface area contributed by atoms with E-state index in [-0.39, 0.29) is 17.7 Å². The van der Waals surface area contributed by atoms with Crippen molar-refractivity contribution in [1.29, 1.82) is 0 Å². The lowest BCUT2D eigenvalue weighted by molar-refractivity contribution is -0.118. The first-order chi connectivity index (χ1) is 12.4. The molecule has 0 aromatic heterocycles. The monoisotopic (exact) mass is 354 g/mol. The number of ether oxygens (including phenoxy) is 1. The second-order valence-electron chi connectivity index (χ2n) is 6.51. The summed E-state index contributed by atoms with van der Waals surface area (Å²) in [6.45, 7) is 8.27. The molecule has 1 atom stereocenters. The predicted molar refractivity (Wildman–Crippen MR) is 104 cm³/mol. The zero-order valence-electron chi connectivity index (χ0n) is 15.7. The molecule has 0 saturated carbocycles. The Morgan fingerprint density at radius 2 is 1.62 bits per heavy atom. The van der Waals surface area contributed by atoms with Gasteiger partial charge in [0, 0.05) is 11.3 Å². The smallest absolute Gasteiger partial charge is 0.251 e. The average molecular weight is 354 g/mol. The highest BCUT2D eigenvalue weighted by Crippen LogP contribution is 2.16. The summed E-state index contributed by atoms with van der Waals surface area (Å²) in [5.74, 6) is 0.195. The van der Waals surface area contributed by atoms with Crippen molar-refractivity contribution in [2.45, 2.75) is 33.7 Å². The fourth-order valence-electron chi connectivity index (χ4n) is 2.49. The number of benzene rings is 2. The summed E-state index contributed by atoms with van der Waals surface area (Å²) >= 11 is 0. The maximum Gasteiger partial charge on any atom is 0.251 e. The van der Waals surface area contributed by atoms with Crippen LogP contribution in [0.25, 0.3) is 0 Å². The molecule has 2 N–H and O–H groups in total. The molecule has 0 saturated heterocycles. The molecule has 2 aromatic carbocycles. The van der Waals surface area contributed by atoms with Crippen molar-refractivity contribution in [3.63, 3.8) is 0 Å². The van der Waals surface area contributed by atoms with Gasteiger partial charge in [0.1, 0.15) is 11.8 Å². The van der Waals surface area contributed by atoms with Crippen molar-refractivity contribution in [3.8, 4) is 5.75 Å². The minimum Gasteiger partial charge on any atom is -0.494 e. The fourth-order valence-corrected chi connectivity index (χ4v) is 2.49. The molecule has 0 unspecified atom stereocenters. The minimum atomic E-state index is -0.629. The Labute approximate surface area is 154 Å². The van der Waals surface area contributed by atoms with Gasteiger partial charge in [-0.15, -0.1) is 0 Å². The van der Waals surface area contributed by atoms with E-state index in [4.69, 9.17) is 4.74 Å². The van der Waals surface area contributed by atoms with E-state index >= 15 is 0 Å². The second-order valence-corrected chi connectivity index (χ2v) is 6.51. The Balaban J connectivity index is 2.04. The largest absolute Gasteiger partial charge is 0.494 e. The maximum atomic E-state index is 12.6. The van der Waals surface area contributed by atoms with Crippen molar-refractivity contribution in [1.82, 2.24) is 5.32 Å². The minimum absolute atomic E-state index is 0.0490. The summed E-state index contributed by atoms with van der Waals surface area (Å²) in [6.07, 6.45) is 0. The Bertz CT molecular complexity index is 737. The van der Waals surface area contributed by atoms with Crippen LogP contribution in [0.4, 0.5) is 5.69 Å². The number of nitrogens with one attached hydrogen (secondary N) is 2. The van der Waals surface area contributed by atoms with E-state index in [1.54, 1.807) is 36.4 Å². The van der Waals surface area contributed by atoms with Crippen LogP contribution in [0.1, 0.15) is 36.7 Å². The van der Waals surface area contributed by atoms with Gasteiger partial charge in [0.15, 0.2) is 0 Å². The SMILES string of the molecule is CCOc1ccc(NC(=O)[C@@H](NC(=O)c2ccc(C)cc2)C(C)C)cc1. The normalized spacial score (nSPS) is 11.7. The number of carbonyl (C=O) groups excluding carboxylic acids is 2. The van der Waals surface area contributed by atoms with Gasteiger partial charge in [-0.05, 0) is 56.2 Å². The number of hydrogen-bond acceptors (Lipinski definition) is 3. The van der Waals surface area contributed by atoms with Gasteiger partial charge in [-0.2, -0.15) is 0 Å². The van der Waals surface area contributed by atoms with Gasteiger partial charge in [0.05, 0.1) is 6.61 Å². The lowest BCUT2D eigenvalue weighted by Gasteiger charge is -2.22. The third-order valence-corrected chi connectivity index (χ3v) is 3.98. The van der Waals surface area contributed by atoms with Crippen LogP contribution in [0.5, 0.6) is 5.75 Å². The zero-order chi connectivity index (χ0) is 19.1. The van der Waals surface area contributed by atoms with Crippen LogP contribution in [0.3, 0.4) is 0 Å². The van der Waals surface area contributed by atoms with Crippen LogP contribution in [-0.2, 0) is 4.79 Å². The maximum absolute atomic E-state index is 12.6. The number of rotatable bonds is 7. The van der Waals surface area contributed by atoms with Gasteiger partial charge in [0.2, 0.25) is 5.91 Å². The second kappa shape index (κ2) is 9.04. The molecule has 0 heterocycles. The highest BCUT2D eigenvalue weighted by molar-refractivity contribution is 6.01. The van der Waals surface area contributed by atoms with Crippen molar-refractivity contribution < 1.29 is 14.3 Å². The first kappa shape index (κ1) is 19.5. The topological polar surface area (TPSA) is 67.4 Å². The fraction of sp³-hybridized carbons (Fsp3) is 0.333. The van der Waals surface area contributed by atoms with Crippen molar-refractivity contribution in [2.75, 3.05) is 11.9 Å². The van der Waals surface area contributed by atoms with Gasteiger partial charge >= 0.3 is 0 Å². The third kappa shape index (κ3) is 5.34. The molecule has 0 radical (unpaired) electrons. The summed E-state index contributed by atoms with van der Waals surface area (Å²) in [7, 11) is 0. The molecule has 0 aliphatic heterocycles. The predicted octanol–water partition coefficient (Wildman–Crippen LogP) is 3.79. The van der Waals surface area contributed by atoms with Crippen LogP contribution < -0.4 is 15.4 Å². The number of amides is 2. The van der Waals surface area contributed by atoms with Gasteiger partial charge in [-0.25, -0.2) is 0 Å². The van der Waals surface area contributed by atoms with E-state index in [0.717, 1.165) is 11.3 Å². The molecule has 5 heteroatoms. The van der Waals surface area contributed by atoms with Gasteiger partial charge in [-0.1, -0.05) is 31.5 Å². The zero-order valence-corrected chi connectivity index (χ0v) is 15.7. The molecule has 138 valence electrons. The number of hydrogen-bond donors (Lipinski definition) is 2. The van der Waals surface area contributed by atoms with E-state index in [2.05, 4.69) is 10.6 Å². The van der Waals surface area contributed by atoms with E-state index in [1.165, 1.54) is 0 Å². The third-order valence-electron chi connectivity index (χ3n) is 3.98. The van der Waals surface area contributed by atoms with Gasteiger partial charge in [0.25, 0.3) is 5.91 Å². The van der Waals surface area contributed by atoms with Crippen molar-refractivity contribution in [2.24, 2.45) is 5.92 Å². The number of aryl methyl sites for hydroxylation is 1. The van der Waals surface area contributed by atoms with Crippen LogP contribution >= 0.6 is 0 Å². The van der Waals surface area contributed by atoms with Crippen LogP contribution in [0.15, 0.2) is 48.5 Å². The van der Waals surface area contributed by atoms with E-state index in [9.17, 15) is 9.59 Å². The summed E-state index contributed by atoms with van der Waals surface area (Å²) < 4.78 is 5.39. The molecule has 0 aliphatic carbocycles. The Morgan fingerprint density at radius 1 is 1.00 bits per heavy atom. The lowest BCUT2D eigenvalue weighted by atomic mass is 10.0. The quantitative estimate of drug-likeness (QED) is 0.795. The van der Waals surface area contributed by atoms with Crippen molar-refractivity contribution >= 4 is 17.5 Å². The first-order valence-corrected chi connectivity index (χ1v) is 8.82. The van der Waals surface area contributed by atoms with E-state index in [1.807, 2.05) is 39.8 Å². The van der Waals surface area contributed by atoms with E-state index < -0.39 is 6.04 Å². The van der Waals surface area contributed by atoms with E-state index in [0.29, 0.717) is 17.9 Å². The molecule has 2 amide bonds. The summed E-state index contributed by atoms with van der Waals surface area (Å²) in [4.78, 5) is 25.1. The molecule has 5 nitrogen and oxygen atoms in total. The summed E-state index contributed by atoms with van der Waals surface area (Å²) in [6, 6.07) is 13.8. The highest BCUT2D eigenvalue weighted by Gasteiger charge is 2.24. The molecule has 2 aromatic rings. The average Bonchev–Trinajstić information content (AvgIpc) is 2.61. The van der Waals surface area contributed by atoms with Crippen LogP contribution in [0, 0.1) is 12.8 Å². The summed E-state index contributed by atoms with van der Waals surface area (Å²) in [5.41, 5.74) is 2.28.